The Morgan fingerprint density at radius 1 is 1.26 bits per heavy atom. The van der Waals surface area contributed by atoms with Gasteiger partial charge in [-0.3, -0.25) is 0 Å². The number of aromatic nitrogens is 2. The molecule has 0 bridgehead atoms. The molecule has 1 aromatic heterocycles. The fourth-order valence-electron chi connectivity index (χ4n) is 1.98. The van der Waals surface area contributed by atoms with Crippen molar-refractivity contribution >= 4 is 11.9 Å². The van der Waals surface area contributed by atoms with Crippen LogP contribution in [-0.2, 0) is 17.4 Å². The third-order valence-corrected chi connectivity index (χ3v) is 3.03. The fraction of sp³-hybridized carbons (Fsp3) is 0.267. The Bertz CT molecular complexity index is 690. The summed E-state index contributed by atoms with van der Waals surface area (Å²) in [6, 6.07) is 8.41. The molecule has 1 atom stereocenters. The van der Waals surface area contributed by atoms with Crippen LogP contribution in [0.3, 0.4) is 0 Å². The van der Waals surface area contributed by atoms with Gasteiger partial charge >= 0.3 is 12.1 Å². The first kappa shape index (κ1) is 16.7. The van der Waals surface area contributed by atoms with Crippen molar-refractivity contribution < 1.29 is 23.1 Å². The van der Waals surface area contributed by atoms with Crippen LogP contribution in [0.4, 0.5) is 19.1 Å². The minimum absolute atomic E-state index is 0.0921. The van der Waals surface area contributed by atoms with Gasteiger partial charge in [0.25, 0.3) is 0 Å². The average Bonchev–Trinajstić information content (AvgIpc) is 2.46. The van der Waals surface area contributed by atoms with Gasteiger partial charge in [-0.1, -0.05) is 30.3 Å². The quantitative estimate of drug-likeness (QED) is 0.884. The molecule has 5 nitrogen and oxygen atoms in total. The van der Waals surface area contributed by atoms with Crippen molar-refractivity contribution in [2.75, 3.05) is 5.32 Å². The highest BCUT2D eigenvalue weighted by atomic mass is 19.4. The Morgan fingerprint density at radius 3 is 2.48 bits per heavy atom. The first-order valence-electron chi connectivity index (χ1n) is 6.72. The second-order valence-corrected chi connectivity index (χ2v) is 4.94. The van der Waals surface area contributed by atoms with Gasteiger partial charge in [0, 0.05) is 12.1 Å². The van der Waals surface area contributed by atoms with Crippen molar-refractivity contribution in [1.82, 2.24) is 9.97 Å². The summed E-state index contributed by atoms with van der Waals surface area (Å²) in [7, 11) is 0. The fourth-order valence-corrected chi connectivity index (χ4v) is 1.98. The van der Waals surface area contributed by atoms with Crippen molar-refractivity contribution in [2.24, 2.45) is 0 Å². The zero-order chi connectivity index (χ0) is 17.0. The summed E-state index contributed by atoms with van der Waals surface area (Å²) in [6.07, 6.45) is -4.53. The second kappa shape index (κ2) is 6.64. The van der Waals surface area contributed by atoms with E-state index in [1.54, 1.807) is 30.3 Å². The van der Waals surface area contributed by atoms with E-state index in [0.29, 0.717) is 0 Å². The SMILES string of the molecule is Cc1cc(C(F)(F)F)nc(N[C@@H](Cc2ccccc2)C(=O)O)n1. The number of halogens is 3. The van der Waals surface area contributed by atoms with Gasteiger partial charge in [-0.2, -0.15) is 13.2 Å². The molecule has 0 fully saturated rings. The van der Waals surface area contributed by atoms with E-state index >= 15 is 0 Å². The molecule has 0 aliphatic carbocycles. The number of benzene rings is 1. The highest BCUT2D eigenvalue weighted by Crippen LogP contribution is 2.28. The van der Waals surface area contributed by atoms with Crippen LogP contribution in [-0.4, -0.2) is 27.1 Å². The first-order valence-corrected chi connectivity index (χ1v) is 6.72. The zero-order valence-corrected chi connectivity index (χ0v) is 12.1. The van der Waals surface area contributed by atoms with Crippen molar-refractivity contribution in [3.05, 3.63) is 53.3 Å². The normalized spacial score (nSPS) is 12.7. The maximum atomic E-state index is 12.8. The van der Waals surface area contributed by atoms with Crippen LogP contribution in [0.1, 0.15) is 17.0 Å². The molecule has 0 saturated heterocycles. The summed E-state index contributed by atoms with van der Waals surface area (Å²) >= 11 is 0. The maximum absolute atomic E-state index is 12.8. The summed E-state index contributed by atoms with van der Waals surface area (Å²) in [5.74, 6) is -1.56. The van der Waals surface area contributed by atoms with Gasteiger partial charge in [-0.05, 0) is 18.6 Å². The van der Waals surface area contributed by atoms with Gasteiger partial charge in [-0.25, -0.2) is 14.8 Å². The van der Waals surface area contributed by atoms with E-state index in [4.69, 9.17) is 0 Å². The van der Waals surface area contributed by atoms with Crippen LogP contribution in [0.5, 0.6) is 0 Å². The number of rotatable bonds is 5. The smallest absolute Gasteiger partial charge is 0.433 e. The summed E-state index contributed by atoms with van der Waals surface area (Å²) in [4.78, 5) is 18.5. The lowest BCUT2D eigenvalue weighted by atomic mass is 10.1. The lowest BCUT2D eigenvalue weighted by Gasteiger charge is -2.16. The lowest BCUT2D eigenvalue weighted by Crippen LogP contribution is -2.32. The van der Waals surface area contributed by atoms with Crippen LogP contribution in [0.25, 0.3) is 0 Å². The molecule has 0 aliphatic rings. The van der Waals surface area contributed by atoms with Gasteiger partial charge in [0.05, 0.1) is 0 Å². The molecule has 23 heavy (non-hydrogen) atoms. The number of alkyl halides is 3. The Kier molecular flexibility index (Phi) is 4.83. The van der Waals surface area contributed by atoms with E-state index in [1.165, 1.54) is 6.92 Å². The lowest BCUT2D eigenvalue weighted by molar-refractivity contribution is -0.141. The number of carboxylic acids is 1. The van der Waals surface area contributed by atoms with Crippen LogP contribution >= 0.6 is 0 Å². The van der Waals surface area contributed by atoms with Crippen molar-refractivity contribution in [2.45, 2.75) is 25.6 Å². The number of carboxylic acid groups (broad SMARTS) is 1. The molecule has 2 N–H and O–H groups in total. The average molecular weight is 325 g/mol. The molecular formula is C15H14F3N3O2. The molecule has 122 valence electrons. The topological polar surface area (TPSA) is 75.1 Å². The third kappa shape index (κ3) is 4.67. The monoisotopic (exact) mass is 325 g/mol. The van der Waals surface area contributed by atoms with Crippen LogP contribution in [0, 0.1) is 6.92 Å². The van der Waals surface area contributed by atoms with Crippen molar-refractivity contribution in [3.8, 4) is 0 Å². The molecule has 0 unspecified atom stereocenters. The largest absolute Gasteiger partial charge is 0.480 e. The van der Waals surface area contributed by atoms with E-state index < -0.39 is 23.9 Å². The molecule has 2 aromatic rings. The van der Waals surface area contributed by atoms with E-state index in [-0.39, 0.29) is 18.1 Å². The van der Waals surface area contributed by atoms with Gasteiger partial charge in [0.2, 0.25) is 5.95 Å². The number of aliphatic carboxylic acids is 1. The number of hydrogen-bond donors (Lipinski definition) is 2. The molecule has 8 heteroatoms. The molecular weight excluding hydrogens is 311 g/mol. The second-order valence-electron chi connectivity index (χ2n) is 4.94. The van der Waals surface area contributed by atoms with Crippen LogP contribution < -0.4 is 5.32 Å². The molecule has 1 aromatic carbocycles. The predicted octanol–water partition coefficient (Wildman–Crippen LogP) is 2.91. The molecule has 2 rings (SSSR count). The Balaban J connectivity index is 2.23. The Hall–Kier alpha value is -2.64. The van der Waals surface area contributed by atoms with Crippen molar-refractivity contribution in [3.63, 3.8) is 0 Å². The highest BCUT2D eigenvalue weighted by molar-refractivity contribution is 5.77. The molecule has 0 aliphatic heterocycles. The number of anilines is 1. The summed E-state index contributed by atoms with van der Waals surface area (Å²) in [5, 5.41) is 11.7. The molecule has 0 radical (unpaired) electrons. The van der Waals surface area contributed by atoms with Crippen LogP contribution in [0.15, 0.2) is 36.4 Å². The van der Waals surface area contributed by atoms with Gasteiger partial charge in [-0.15, -0.1) is 0 Å². The van der Waals surface area contributed by atoms with Gasteiger partial charge in [0.15, 0.2) is 0 Å². The van der Waals surface area contributed by atoms with E-state index in [2.05, 4.69) is 15.3 Å². The van der Waals surface area contributed by atoms with Gasteiger partial charge in [0.1, 0.15) is 11.7 Å². The third-order valence-electron chi connectivity index (χ3n) is 3.03. The zero-order valence-electron chi connectivity index (χ0n) is 12.1. The standard InChI is InChI=1S/C15H14F3N3O2/c1-9-7-12(15(16,17)18)21-14(19-9)20-11(13(22)23)8-10-5-3-2-4-6-10/h2-7,11H,8H2,1H3,(H,22,23)(H,19,20,21)/t11-/m0/s1. The summed E-state index contributed by atoms with van der Waals surface area (Å²) in [6.45, 7) is 1.38. The van der Waals surface area contributed by atoms with E-state index in [9.17, 15) is 23.1 Å². The molecule has 0 saturated carbocycles. The number of aryl methyl sites for hydroxylation is 1. The minimum atomic E-state index is -4.62. The number of nitrogens with zero attached hydrogens (tertiary/aromatic N) is 2. The highest BCUT2D eigenvalue weighted by Gasteiger charge is 2.33. The van der Waals surface area contributed by atoms with Crippen LogP contribution in [0.2, 0.25) is 0 Å². The van der Waals surface area contributed by atoms with E-state index in [1.807, 2.05) is 0 Å². The molecule has 0 amide bonds. The number of nitrogens with one attached hydrogen (secondary N) is 1. The summed E-state index contributed by atoms with van der Waals surface area (Å²) < 4.78 is 38.3. The Morgan fingerprint density at radius 2 is 1.91 bits per heavy atom. The Labute approximate surface area is 130 Å². The minimum Gasteiger partial charge on any atom is -0.480 e. The predicted molar refractivity (Wildman–Crippen MR) is 77.0 cm³/mol. The number of hydrogen-bond acceptors (Lipinski definition) is 4. The first-order chi connectivity index (χ1) is 10.8. The van der Waals surface area contributed by atoms with Gasteiger partial charge < -0.3 is 10.4 Å². The molecule has 0 spiro atoms. The van der Waals surface area contributed by atoms with E-state index in [0.717, 1.165) is 11.6 Å². The maximum Gasteiger partial charge on any atom is 0.433 e. The summed E-state index contributed by atoms with van der Waals surface area (Å²) in [5.41, 5.74) is -0.286. The molecule has 1 heterocycles. The van der Waals surface area contributed by atoms with Crippen molar-refractivity contribution in [1.29, 1.82) is 0 Å². The number of carbonyl (C=O) groups is 1.